The summed E-state index contributed by atoms with van der Waals surface area (Å²) < 4.78 is 41.1. The van der Waals surface area contributed by atoms with Gasteiger partial charge in [-0.25, -0.2) is 0 Å². The topological polar surface area (TPSA) is 104 Å². The Morgan fingerprint density at radius 1 is 0.739 bits per heavy atom. The van der Waals surface area contributed by atoms with Crippen molar-refractivity contribution in [1.82, 2.24) is 0 Å². The van der Waals surface area contributed by atoms with E-state index in [4.69, 9.17) is 4.74 Å². The number of hydrogen-bond acceptors (Lipinski definition) is 6. The van der Waals surface area contributed by atoms with Crippen molar-refractivity contribution in [1.29, 1.82) is 0 Å². The second kappa shape index (κ2) is 17.7. The highest BCUT2D eigenvalue weighted by atomic mass is 32.2. The fraction of sp³-hybridized carbons (Fsp3) is 0.368. The molecule has 0 aliphatic carbocycles. The van der Waals surface area contributed by atoms with Crippen LogP contribution in [0.1, 0.15) is 101 Å². The Bertz CT molecular complexity index is 1640. The van der Waals surface area contributed by atoms with Gasteiger partial charge in [0.05, 0.1) is 12.7 Å². The van der Waals surface area contributed by atoms with Crippen LogP contribution in [0.25, 0.3) is 11.1 Å². The second-order valence-electron chi connectivity index (χ2n) is 11.6. The Morgan fingerprint density at radius 2 is 1.43 bits per heavy atom. The zero-order valence-electron chi connectivity index (χ0n) is 26.8. The van der Waals surface area contributed by atoms with Crippen LogP contribution in [-0.2, 0) is 10.1 Å². The van der Waals surface area contributed by atoms with Crippen molar-refractivity contribution in [3.05, 3.63) is 108 Å². The van der Waals surface area contributed by atoms with E-state index >= 15 is 0 Å². The molecule has 0 radical (unpaired) electrons. The molecule has 8 heteroatoms. The second-order valence-corrected chi connectivity index (χ2v) is 14.1. The van der Waals surface area contributed by atoms with Gasteiger partial charge in [-0.15, -0.1) is 0 Å². The first kappa shape index (κ1) is 35.7. The van der Waals surface area contributed by atoms with Crippen molar-refractivity contribution in [2.75, 3.05) is 6.61 Å². The van der Waals surface area contributed by atoms with Crippen molar-refractivity contribution in [2.45, 2.75) is 98.5 Å². The summed E-state index contributed by atoms with van der Waals surface area (Å²) in [6.07, 6.45) is 7.95. The van der Waals surface area contributed by atoms with Gasteiger partial charge in [0.15, 0.2) is 0 Å². The summed E-state index contributed by atoms with van der Waals surface area (Å²) in [5, 5.41) is 22.4. The Balaban J connectivity index is 1.55. The molecule has 2 atom stereocenters. The van der Waals surface area contributed by atoms with Crippen molar-refractivity contribution >= 4 is 21.9 Å². The van der Waals surface area contributed by atoms with Crippen LogP contribution in [0.15, 0.2) is 106 Å². The molecule has 246 valence electrons. The smallest absolute Gasteiger partial charge is 0.295 e. The number of benzene rings is 4. The molecule has 0 fully saturated rings. The van der Waals surface area contributed by atoms with E-state index in [-0.39, 0.29) is 4.90 Å². The molecule has 0 saturated heterocycles. The number of hydrogen-bond donors (Lipinski definition) is 3. The predicted molar refractivity (Wildman–Crippen MR) is 186 cm³/mol. The molecule has 0 aromatic heterocycles. The number of rotatable bonds is 18. The molecular formula is C38H46O6S2. The van der Waals surface area contributed by atoms with E-state index in [0.717, 1.165) is 41.9 Å². The van der Waals surface area contributed by atoms with Crippen LogP contribution in [0.4, 0.5) is 0 Å². The number of aliphatic hydroxyl groups excluding tert-OH is 2. The fourth-order valence-corrected chi connectivity index (χ4v) is 7.29. The molecule has 6 nitrogen and oxygen atoms in total. The third-order valence-corrected chi connectivity index (χ3v) is 10.2. The highest BCUT2D eigenvalue weighted by Crippen LogP contribution is 2.39. The highest BCUT2D eigenvalue weighted by molar-refractivity contribution is 8.00. The zero-order valence-corrected chi connectivity index (χ0v) is 28.4. The zero-order chi connectivity index (χ0) is 32.9. The SMILES string of the molecule is CCCCCCCCC(O)c1cccc(C(O)c2ccccc2-c2ccc(Sc3ccc(OCCCC)cc3)c(S(=O)(=O)O)c2)c1. The number of aliphatic hydroxyl groups is 2. The summed E-state index contributed by atoms with van der Waals surface area (Å²) >= 11 is 1.24. The van der Waals surface area contributed by atoms with E-state index in [9.17, 15) is 23.2 Å². The molecule has 0 amide bonds. The third-order valence-electron chi connectivity index (χ3n) is 8.05. The summed E-state index contributed by atoms with van der Waals surface area (Å²) in [6, 6.07) is 27.0. The van der Waals surface area contributed by atoms with Gasteiger partial charge in [-0.05, 0) is 77.1 Å². The van der Waals surface area contributed by atoms with Gasteiger partial charge in [-0.2, -0.15) is 8.42 Å². The summed E-state index contributed by atoms with van der Waals surface area (Å²) in [4.78, 5) is 0.980. The van der Waals surface area contributed by atoms with Gasteiger partial charge in [0, 0.05) is 9.79 Å². The maximum atomic E-state index is 12.6. The molecule has 4 rings (SSSR count). The number of unbranched alkanes of at least 4 members (excludes halogenated alkanes) is 6. The van der Waals surface area contributed by atoms with Gasteiger partial charge in [-0.1, -0.05) is 125 Å². The normalized spacial score (nSPS) is 13.0. The largest absolute Gasteiger partial charge is 0.494 e. The molecule has 0 heterocycles. The first-order chi connectivity index (χ1) is 22.2. The van der Waals surface area contributed by atoms with E-state index in [1.807, 2.05) is 66.7 Å². The lowest BCUT2D eigenvalue weighted by Gasteiger charge is -2.19. The van der Waals surface area contributed by atoms with Crippen molar-refractivity contribution < 1.29 is 27.9 Å². The van der Waals surface area contributed by atoms with Crippen LogP contribution >= 0.6 is 11.8 Å². The average Bonchev–Trinajstić information content (AvgIpc) is 3.06. The molecule has 4 aromatic rings. The van der Waals surface area contributed by atoms with E-state index in [2.05, 4.69) is 13.8 Å². The van der Waals surface area contributed by atoms with E-state index in [1.165, 1.54) is 43.5 Å². The lowest BCUT2D eigenvalue weighted by atomic mass is 9.91. The minimum absolute atomic E-state index is 0.206. The van der Waals surface area contributed by atoms with E-state index in [1.54, 1.807) is 18.2 Å². The van der Waals surface area contributed by atoms with Crippen molar-refractivity contribution in [2.24, 2.45) is 0 Å². The van der Waals surface area contributed by atoms with E-state index in [0.29, 0.717) is 40.2 Å². The van der Waals surface area contributed by atoms with Crippen molar-refractivity contribution in [3.8, 4) is 16.9 Å². The molecule has 0 saturated carbocycles. The van der Waals surface area contributed by atoms with Gasteiger partial charge < -0.3 is 14.9 Å². The average molecular weight is 663 g/mol. The van der Waals surface area contributed by atoms with E-state index < -0.39 is 22.3 Å². The van der Waals surface area contributed by atoms with Gasteiger partial charge in [-0.3, -0.25) is 4.55 Å². The van der Waals surface area contributed by atoms with Crippen LogP contribution in [0.3, 0.4) is 0 Å². The summed E-state index contributed by atoms with van der Waals surface area (Å²) in [5.41, 5.74) is 3.17. The molecule has 4 aromatic carbocycles. The summed E-state index contributed by atoms with van der Waals surface area (Å²) in [7, 11) is -4.56. The summed E-state index contributed by atoms with van der Waals surface area (Å²) in [6.45, 7) is 4.94. The van der Waals surface area contributed by atoms with Crippen LogP contribution in [0, 0.1) is 0 Å². The van der Waals surface area contributed by atoms with Crippen LogP contribution in [-0.4, -0.2) is 29.8 Å². The van der Waals surface area contributed by atoms with Crippen LogP contribution < -0.4 is 4.74 Å². The Labute approximate surface area is 278 Å². The van der Waals surface area contributed by atoms with Gasteiger partial charge in [0.25, 0.3) is 10.1 Å². The maximum Gasteiger partial charge on any atom is 0.295 e. The number of ether oxygens (including phenoxy) is 1. The minimum atomic E-state index is -4.56. The maximum absolute atomic E-state index is 12.6. The predicted octanol–water partition coefficient (Wildman–Crippen LogP) is 9.80. The minimum Gasteiger partial charge on any atom is -0.494 e. The molecule has 0 bridgehead atoms. The molecule has 0 spiro atoms. The molecule has 2 unspecified atom stereocenters. The first-order valence-electron chi connectivity index (χ1n) is 16.3. The Morgan fingerprint density at radius 3 is 2.17 bits per heavy atom. The van der Waals surface area contributed by atoms with Gasteiger partial charge >= 0.3 is 0 Å². The lowest BCUT2D eigenvalue weighted by Crippen LogP contribution is -2.05. The quantitative estimate of drug-likeness (QED) is 0.0720. The molecule has 3 N–H and O–H groups in total. The molecule has 46 heavy (non-hydrogen) atoms. The molecular weight excluding hydrogens is 617 g/mol. The Hall–Kier alpha value is -3.14. The molecule has 0 aliphatic rings. The standard InChI is InChI=1S/C38H46O6S2/c1-3-5-7-8-9-10-18-35(39)29-14-13-15-30(26-29)38(40)34-17-12-11-16-33(34)28-19-24-36(37(27-28)46(41,42)43)45-32-22-20-31(21-23-32)44-25-6-4-2/h11-17,19-24,26-27,35,38-40H,3-10,18,25H2,1-2H3,(H,41,42,43). The lowest BCUT2D eigenvalue weighted by molar-refractivity contribution is 0.162. The van der Waals surface area contributed by atoms with Crippen LogP contribution in [0.2, 0.25) is 0 Å². The fourth-order valence-electron chi connectivity index (χ4n) is 5.43. The molecule has 0 aliphatic heterocycles. The summed E-state index contributed by atoms with van der Waals surface area (Å²) in [5.74, 6) is 0.746. The van der Waals surface area contributed by atoms with Gasteiger partial charge in [0.2, 0.25) is 0 Å². The Kier molecular flexibility index (Phi) is 13.7. The highest BCUT2D eigenvalue weighted by Gasteiger charge is 2.21. The van der Waals surface area contributed by atoms with Crippen LogP contribution in [0.5, 0.6) is 5.75 Å². The first-order valence-corrected chi connectivity index (χ1v) is 18.5. The third kappa shape index (κ3) is 10.2. The van der Waals surface area contributed by atoms with Crippen molar-refractivity contribution in [3.63, 3.8) is 0 Å². The monoisotopic (exact) mass is 662 g/mol. The van der Waals surface area contributed by atoms with Gasteiger partial charge in [0.1, 0.15) is 16.7 Å².